The van der Waals surface area contributed by atoms with E-state index >= 15 is 0 Å². The number of esters is 1. The number of ketones is 1. The third-order valence-electron chi connectivity index (χ3n) is 3.01. The van der Waals surface area contributed by atoms with E-state index < -0.39 is 30.1 Å². The minimum Gasteiger partial charge on any atom is -0.452 e. The number of ether oxygens (including phenoxy) is 1. The van der Waals surface area contributed by atoms with Crippen molar-refractivity contribution in [1.82, 2.24) is 0 Å². The Labute approximate surface area is 136 Å². The van der Waals surface area contributed by atoms with Gasteiger partial charge < -0.3 is 10.1 Å². The Morgan fingerprint density at radius 1 is 1.04 bits per heavy atom. The lowest BCUT2D eigenvalue weighted by Gasteiger charge is -2.09. The van der Waals surface area contributed by atoms with Crippen molar-refractivity contribution in [2.24, 2.45) is 0 Å². The fourth-order valence-corrected chi connectivity index (χ4v) is 1.97. The highest BCUT2D eigenvalue weighted by Crippen LogP contribution is 2.15. The minimum absolute atomic E-state index is 0.238. The second-order valence-corrected chi connectivity index (χ2v) is 4.88. The summed E-state index contributed by atoms with van der Waals surface area (Å²) in [6, 6.07) is 8.55. The molecule has 2 rings (SSSR count). The van der Waals surface area contributed by atoms with Crippen molar-refractivity contribution < 1.29 is 27.9 Å². The molecular formula is C17H13F2NO4. The van der Waals surface area contributed by atoms with Crippen LogP contribution in [-0.2, 0) is 9.53 Å². The number of carbonyl (C=O) groups is 3. The molecule has 5 nitrogen and oxygen atoms in total. The molecule has 2 aromatic rings. The summed E-state index contributed by atoms with van der Waals surface area (Å²) in [5.41, 5.74) is 0.247. The van der Waals surface area contributed by atoms with Gasteiger partial charge in [-0.1, -0.05) is 12.1 Å². The molecule has 0 aliphatic carbocycles. The van der Waals surface area contributed by atoms with Crippen LogP contribution in [0.25, 0.3) is 0 Å². The predicted octanol–water partition coefficient (Wildman–Crippen LogP) is 2.96. The van der Waals surface area contributed by atoms with Gasteiger partial charge in [-0.05, 0) is 31.2 Å². The molecule has 1 N–H and O–H groups in total. The van der Waals surface area contributed by atoms with Crippen molar-refractivity contribution in [2.75, 3.05) is 11.9 Å². The Morgan fingerprint density at radius 3 is 2.29 bits per heavy atom. The van der Waals surface area contributed by atoms with Gasteiger partial charge >= 0.3 is 5.97 Å². The van der Waals surface area contributed by atoms with Crippen molar-refractivity contribution in [3.05, 3.63) is 65.2 Å². The van der Waals surface area contributed by atoms with Crippen LogP contribution in [0.2, 0.25) is 0 Å². The van der Waals surface area contributed by atoms with Crippen LogP contribution in [0.3, 0.4) is 0 Å². The largest absolute Gasteiger partial charge is 0.452 e. The van der Waals surface area contributed by atoms with E-state index in [0.29, 0.717) is 11.6 Å². The fraction of sp³-hybridized carbons (Fsp3) is 0.118. The standard InChI is InChI=1S/C17H13F2NO4/c1-10(21)14-4-2-3-5-15(14)20-16(22)9-24-17(23)11-6-12(18)8-13(19)7-11/h2-8H,9H2,1H3,(H,20,22). The number of halogens is 2. The van der Waals surface area contributed by atoms with Crippen LogP contribution in [0.5, 0.6) is 0 Å². The Morgan fingerprint density at radius 2 is 1.67 bits per heavy atom. The average Bonchev–Trinajstić information content (AvgIpc) is 2.52. The van der Waals surface area contributed by atoms with Crippen molar-refractivity contribution in [3.63, 3.8) is 0 Å². The lowest BCUT2D eigenvalue weighted by Crippen LogP contribution is -2.22. The van der Waals surface area contributed by atoms with E-state index in [-0.39, 0.29) is 17.0 Å². The number of Topliss-reactive ketones (excluding diaryl/α,β-unsaturated/α-hetero) is 1. The second-order valence-electron chi connectivity index (χ2n) is 4.88. The third-order valence-corrected chi connectivity index (χ3v) is 3.01. The number of rotatable bonds is 5. The highest BCUT2D eigenvalue weighted by molar-refractivity contribution is 6.04. The van der Waals surface area contributed by atoms with Crippen LogP contribution in [0, 0.1) is 11.6 Å². The smallest absolute Gasteiger partial charge is 0.338 e. The van der Waals surface area contributed by atoms with Crippen LogP contribution in [0.15, 0.2) is 42.5 Å². The Balaban J connectivity index is 1.98. The number of hydrogen-bond donors (Lipinski definition) is 1. The summed E-state index contributed by atoms with van der Waals surface area (Å²) < 4.78 is 30.8. The fourth-order valence-electron chi connectivity index (χ4n) is 1.97. The molecule has 0 heterocycles. The number of benzene rings is 2. The van der Waals surface area contributed by atoms with Gasteiger partial charge in [0.05, 0.1) is 11.3 Å². The lowest BCUT2D eigenvalue weighted by molar-refractivity contribution is -0.119. The van der Waals surface area contributed by atoms with Gasteiger partial charge in [-0.2, -0.15) is 0 Å². The maximum absolute atomic E-state index is 13.0. The zero-order valence-electron chi connectivity index (χ0n) is 12.6. The highest BCUT2D eigenvalue weighted by Gasteiger charge is 2.14. The SMILES string of the molecule is CC(=O)c1ccccc1NC(=O)COC(=O)c1cc(F)cc(F)c1. The van der Waals surface area contributed by atoms with Crippen LogP contribution >= 0.6 is 0 Å². The topological polar surface area (TPSA) is 72.5 Å². The highest BCUT2D eigenvalue weighted by atomic mass is 19.1. The van der Waals surface area contributed by atoms with Crippen LogP contribution in [0.1, 0.15) is 27.6 Å². The van der Waals surface area contributed by atoms with Gasteiger partial charge in [0.15, 0.2) is 12.4 Å². The van der Waals surface area contributed by atoms with Crippen LogP contribution in [0.4, 0.5) is 14.5 Å². The molecule has 0 saturated carbocycles. The number of amides is 1. The maximum atomic E-state index is 13.0. The molecule has 24 heavy (non-hydrogen) atoms. The first-order valence-corrected chi connectivity index (χ1v) is 6.90. The van der Waals surface area contributed by atoms with E-state index in [4.69, 9.17) is 4.74 Å². The zero-order valence-corrected chi connectivity index (χ0v) is 12.6. The molecule has 0 unspecified atom stereocenters. The van der Waals surface area contributed by atoms with Crippen LogP contribution in [-0.4, -0.2) is 24.3 Å². The Bertz CT molecular complexity index is 785. The number of anilines is 1. The summed E-state index contributed by atoms with van der Waals surface area (Å²) in [5.74, 6) is -3.82. The van der Waals surface area contributed by atoms with Gasteiger partial charge in [-0.25, -0.2) is 13.6 Å². The van der Waals surface area contributed by atoms with Crippen LogP contribution < -0.4 is 5.32 Å². The normalized spacial score (nSPS) is 10.1. The Hall–Kier alpha value is -3.09. The van der Waals surface area contributed by atoms with Gasteiger partial charge in [0.2, 0.25) is 0 Å². The van der Waals surface area contributed by atoms with Gasteiger partial charge in [0.25, 0.3) is 5.91 Å². The van der Waals surface area contributed by atoms with E-state index in [2.05, 4.69) is 5.32 Å². The van der Waals surface area contributed by atoms with Gasteiger partial charge in [-0.15, -0.1) is 0 Å². The summed E-state index contributed by atoms with van der Waals surface area (Å²) in [7, 11) is 0. The predicted molar refractivity (Wildman–Crippen MR) is 81.7 cm³/mol. The molecule has 0 aromatic heterocycles. The molecule has 0 spiro atoms. The summed E-state index contributed by atoms with van der Waals surface area (Å²) in [6.07, 6.45) is 0. The number of para-hydroxylation sites is 1. The summed E-state index contributed by atoms with van der Waals surface area (Å²) in [4.78, 5) is 35.0. The van der Waals surface area contributed by atoms with Gasteiger partial charge in [-0.3, -0.25) is 9.59 Å². The first-order valence-electron chi connectivity index (χ1n) is 6.90. The number of hydrogen-bond acceptors (Lipinski definition) is 4. The molecule has 0 fully saturated rings. The molecule has 2 aromatic carbocycles. The summed E-state index contributed by atoms with van der Waals surface area (Å²) in [6.45, 7) is 0.687. The summed E-state index contributed by atoms with van der Waals surface area (Å²) in [5, 5.41) is 2.44. The molecule has 124 valence electrons. The summed E-state index contributed by atoms with van der Waals surface area (Å²) >= 11 is 0. The quantitative estimate of drug-likeness (QED) is 0.674. The van der Waals surface area contributed by atoms with Gasteiger partial charge in [0, 0.05) is 11.6 Å². The van der Waals surface area contributed by atoms with Crippen molar-refractivity contribution in [1.29, 1.82) is 0 Å². The first-order chi connectivity index (χ1) is 11.4. The maximum Gasteiger partial charge on any atom is 0.338 e. The van der Waals surface area contributed by atoms with Crippen molar-refractivity contribution in [2.45, 2.75) is 6.92 Å². The van der Waals surface area contributed by atoms with Crippen molar-refractivity contribution in [3.8, 4) is 0 Å². The molecule has 0 aliphatic rings. The number of carbonyl (C=O) groups excluding carboxylic acids is 3. The van der Waals surface area contributed by atoms with E-state index in [9.17, 15) is 23.2 Å². The molecule has 0 radical (unpaired) electrons. The first kappa shape index (κ1) is 17.3. The van der Waals surface area contributed by atoms with E-state index in [0.717, 1.165) is 12.1 Å². The Kier molecular flexibility index (Phi) is 5.36. The molecule has 1 amide bonds. The second kappa shape index (κ2) is 7.45. The van der Waals surface area contributed by atoms with E-state index in [1.807, 2.05) is 0 Å². The molecule has 7 heteroatoms. The molecule has 0 bridgehead atoms. The molecule has 0 atom stereocenters. The zero-order chi connectivity index (χ0) is 17.7. The van der Waals surface area contributed by atoms with Crippen molar-refractivity contribution >= 4 is 23.3 Å². The lowest BCUT2D eigenvalue weighted by atomic mass is 10.1. The monoisotopic (exact) mass is 333 g/mol. The average molecular weight is 333 g/mol. The number of nitrogens with one attached hydrogen (secondary N) is 1. The van der Waals surface area contributed by atoms with E-state index in [1.165, 1.54) is 13.0 Å². The molecule has 0 saturated heterocycles. The molecular weight excluding hydrogens is 320 g/mol. The molecule has 0 aliphatic heterocycles. The minimum atomic E-state index is -1.04. The van der Waals surface area contributed by atoms with E-state index in [1.54, 1.807) is 18.2 Å². The third kappa shape index (κ3) is 4.45. The van der Waals surface area contributed by atoms with Gasteiger partial charge in [0.1, 0.15) is 11.6 Å².